The van der Waals surface area contributed by atoms with Crippen LogP contribution in [0, 0.1) is 12.3 Å². The van der Waals surface area contributed by atoms with Crippen molar-refractivity contribution in [3.8, 4) is 12.3 Å². The molecule has 1 atom stereocenters. The minimum Gasteiger partial charge on any atom is -0.464 e. The molecular weight excluding hydrogens is 364 g/mol. The second-order valence-electron chi connectivity index (χ2n) is 5.91. The number of fused-ring (bicyclic) bond motifs is 1. The van der Waals surface area contributed by atoms with Crippen molar-refractivity contribution >= 4 is 45.9 Å². The van der Waals surface area contributed by atoms with Crippen molar-refractivity contribution in [2.75, 3.05) is 6.61 Å². The van der Waals surface area contributed by atoms with Crippen LogP contribution in [-0.4, -0.2) is 39.2 Å². The molecule has 0 radical (unpaired) electrons. The molecule has 2 amide bonds. The average Bonchev–Trinajstić information content (AvgIpc) is 3.13. The molecule has 2 aromatic rings. The molecule has 1 aliphatic heterocycles. The fraction of sp³-hybridized carbons (Fsp3) is 0.250. The predicted octanol–water partition coefficient (Wildman–Crippen LogP) is 3.26. The zero-order valence-electron chi connectivity index (χ0n) is 15.0. The Balaban J connectivity index is 1.96. The first kappa shape index (κ1) is 18.8. The molecule has 0 aliphatic carbocycles. The molecule has 1 saturated heterocycles. The second-order valence-corrected chi connectivity index (χ2v) is 6.91. The third kappa shape index (κ3) is 3.49. The molecule has 2 heterocycles. The number of nitrogens with zero attached hydrogens (tertiary/aromatic N) is 2. The minimum atomic E-state index is -0.967. The van der Waals surface area contributed by atoms with E-state index in [0.717, 1.165) is 33.1 Å². The van der Waals surface area contributed by atoms with Crippen LogP contribution in [0.3, 0.4) is 0 Å². The summed E-state index contributed by atoms with van der Waals surface area (Å²) < 4.78 is 6.83. The number of imide groups is 1. The number of carbonyl (C=O) groups is 3. The normalized spacial score (nSPS) is 16.8. The Morgan fingerprint density at radius 3 is 2.81 bits per heavy atom. The van der Waals surface area contributed by atoms with Gasteiger partial charge in [0, 0.05) is 22.7 Å². The van der Waals surface area contributed by atoms with Gasteiger partial charge in [-0.15, -0.1) is 6.42 Å². The number of rotatable bonds is 5. The Bertz CT molecular complexity index is 999. The summed E-state index contributed by atoms with van der Waals surface area (Å²) in [6.07, 6.45) is 8.95. The van der Waals surface area contributed by atoms with Gasteiger partial charge in [0.25, 0.3) is 11.1 Å². The standard InChI is InChI=1S/C20H18N2O4S/c1-4-10-21-12-14(15-8-6-7-9-16(15)21)11-17-18(23)22(20(25)27-17)13(3)19(24)26-5-2/h1,6-9,11-13H,5,10H2,2-3H3/b17-11+/t13-/m0/s1. The Labute approximate surface area is 161 Å². The zero-order valence-corrected chi connectivity index (χ0v) is 15.8. The van der Waals surface area contributed by atoms with Crippen LogP contribution < -0.4 is 0 Å². The maximum Gasteiger partial charge on any atom is 0.329 e. The molecular formula is C20H18N2O4S. The number of hydrogen-bond acceptors (Lipinski definition) is 5. The van der Waals surface area contributed by atoms with Crippen molar-refractivity contribution in [2.24, 2.45) is 0 Å². The number of benzene rings is 1. The molecule has 1 aromatic heterocycles. The highest BCUT2D eigenvalue weighted by Gasteiger charge is 2.41. The lowest BCUT2D eigenvalue weighted by Gasteiger charge is -2.19. The van der Waals surface area contributed by atoms with Crippen molar-refractivity contribution < 1.29 is 19.1 Å². The van der Waals surface area contributed by atoms with E-state index in [2.05, 4.69) is 5.92 Å². The monoisotopic (exact) mass is 382 g/mol. The number of terminal acetylenes is 1. The van der Waals surface area contributed by atoms with Gasteiger partial charge in [0.05, 0.1) is 18.1 Å². The molecule has 1 aromatic carbocycles. The molecule has 138 valence electrons. The molecule has 6 nitrogen and oxygen atoms in total. The number of ether oxygens (including phenoxy) is 1. The largest absolute Gasteiger partial charge is 0.464 e. The van der Waals surface area contributed by atoms with E-state index in [9.17, 15) is 14.4 Å². The molecule has 0 unspecified atom stereocenters. The first-order valence-electron chi connectivity index (χ1n) is 8.43. The molecule has 7 heteroatoms. The zero-order chi connectivity index (χ0) is 19.6. The van der Waals surface area contributed by atoms with Gasteiger partial charge in [-0.3, -0.25) is 14.5 Å². The van der Waals surface area contributed by atoms with E-state index >= 15 is 0 Å². The minimum absolute atomic E-state index is 0.184. The number of thioether (sulfide) groups is 1. The van der Waals surface area contributed by atoms with Crippen molar-refractivity contribution in [3.05, 3.63) is 40.9 Å². The van der Waals surface area contributed by atoms with Gasteiger partial charge in [0.2, 0.25) is 0 Å². The lowest BCUT2D eigenvalue weighted by Crippen LogP contribution is -2.42. The fourth-order valence-electron chi connectivity index (χ4n) is 2.94. The Morgan fingerprint density at radius 1 is 1.37 bits per heavy atom. The molecule has 0 spiro atoms. The topological polar surface area (TPSA) is 68.6 Å². The first-order valence-corrected chi connectivity index (χ1v) is 9.24. The van der Waals surface area contributed by atoms with Crippen LogP contribution in [0.2, 0.25) is 0 Å². The van der Waals surface area contributed by atoms with E-state index in [-0.39, 0.29) is 11.5 Å². The van der Waals surface area contributed by atoms with Crippen LogP contribution in [-0.2, 0) is 20.9 Å². The summed E-state index contributed by atoms with van der Waals surface area (Å²) in [6, 6.07) is 6.71. The highest BCUT2D eigenvalue weighted by molar-refractivity contribution is 8.18. The quantitative estimate of drug-likeness (QED) is 0.451. The summed E-state index contributed by atoms with van der Waals surface area (Å²) in [7, 11) is 0. The number of aromatic nitrogens is 1. The van der Waals surface area contributed by atoms with E-state index < -0.39 is 23.2 Å². The Hall–Kier alpha value is -2.98. The Kier molecular flexibility index (Phi) is 5.38. The SMILES string of the molecule is C#CCn1cc(/C=C2/SC(=O)N([C@@H](C)C(=O)OCC)C2=O)c2ccccc21. The molecule has 3 rings (SSSR count). The van der Waals surface area contributed by atoms with E-state index in [0.29, 0.717) is 6.54 Å². The van der Waals surface area contributed by atoms with E-state index in [1.165, 1.54) is 6.92 Å². The summed E-state index contributed by atoms with van der Waals surface area (Å²) in [4.78, 5) is 38.1. The van der Waals surface area contributed by atoms with Gasteiger partial charge in [0.15, 0.2) is 0 Å². The van der Waals surface area contributed by atoms with Crippen molar-refractivity contribution in [3.63, 3.8) is 0 Å². The average molecular weight is 382 g/mol. The molecule has 1 aliphatic rings. The van der Waals surface area contributed by atoms with Crippen LogP contribution in [0.25, 0.3) is 17.0 Å². The number of carbonyl (C=O) groups excluding carboxylic acids is 3. The smallest absolute Gasteiger partial charge is 0.329 e. The second kappa shape index (κ2) is 7.72. The van der Waals surface area contributed by atoms with E-state index in [1.807, 2.05) is 35.0 Å². The summed E-state index contributed by atoms with van der Waals surface area (Å²) >= 11 is 0.813. The molecule has 0 bridgehead atoms. The molecule has 0 saturated carbocycles. The maximum atomic E-state index is 12.7. The summed E-state index contributed by atoms with van der Waals surface area (Å²) in [5.74, 6) is 1.50. The fourth-order valence-corrected chi connectivity index (χ4v) is 3.84. The third-order valence-electron chi connectivity index (χ3n) is 4.21. The number of amides is 2. The predicted molar refractivity (Wildman–Crippen MR) is 105 cm³/mol. The summed E-state index contributed by atoms with van der Waals surface area (Å²) in [6.45, 7) is 3.74. The van der Waals surface area contributed by atoms with Crippen LogP contribution in [0.15, 0.2) is 35.4 Å². The molecule has 27 heavy (non-hydrogen) atoms. The van der Waals surface area contributed by atoms with Gasteiger partial charge in [0.1, 0.15) is 6.04 Å². The molecule has 0 N–H and O–H groups in total. The molecule has 1 fully saturated rings. The van der Waals surface area contributed by atoms with Gasteiger partial charge in [-0.1, -0.05) is 24.1 Å². The van der Waals surface area contributed by atoms with Gasteiger partial charge < -0.3 is 9.30 Å². The first-order chi connectivity index (χ1) is 13.0. The number of hydrogen-bond donors (Lipinski definition) is 0. The van der Waals surface area contributed by atoms with E-state index in [1.54, 1.807) is 13.0 Å². The van der Waals surface area contributed by atoms with Gasteiger partial charge >= 0.3 is 5.97 Å². The van der Waals surface area contributed by atoms with Crippen LogP contribution in [0.1, 0.15) is 19.4 Å². The van der Waals surface area contributed by atoms with Crippen LogP contribution in [0.5, 0.6) is 0 Å². The summed E-state index contributed by atoms with van der Waals surface area (Å²) in [5, 5.41) is 0.442. The highest BCUT2D eigenvalue weighted by Crippen LogP contribution is 2.35. The summed E-state index contributed by atoms with van der Waals surface area (Å²) in [5.41, 5.74) is 1.73. The van der Waals surface area contributed by atoms with Crippen LogP contribution >= 0.6 is 11.8 Å². The third-order valence-corrected chi connectivity index (χ3v) is 5.09. The lowest BCUT2D eigenvalue weighted by molar-refractivity contribution is -0.150. The lowest BCUT2D eigenvalue weighted by atomic mass is 10.1. The van der Waals surface area contributed by atoms with Crippen molar-refractivity contribution in [1.29, 1.82) is 0 Å². The highest BCUT2D eigenvalue weighted by atomic mass is 32.2. The Morgan fingerprint density at radius 2 is 2.11 bits per heavy atom. The maximum absolute atomic E-state index is 12.7. The van der Waals surface area contributed by atoms with Gasteiger partial charge in [-0.2, -0.15) is 0 Å². The number of para-hydroxylation sites is 1. The van der Waals surface area contributed by atoms with Crippen molar-refractivity contribution in [2.45, 2.75) is 26.4 Å². The van der Waals surface area contributed by atoms with Gasteiger partial charge in [-0.25, -0.2) is 4.79 Å². The van der Waals surface area contributed by atoms with Gasteiger partial charge in [-0.05, 0) is 37.8 Å². The van der Waals surface area contributed by atoms with Crippen molar-refractivity contribution in [1.82, 2.24) is 9.47 Å². The van der Waals surface area contributed by atoms with Crippen LogP contribution in [0.4, 0.5) is 4.79 Å². The number of esters is 1. The van der Waals surface area contributed by atoms with E-state index in [4.69, 9.17) is 11.2 Å².